The average Bonchev–Trinajstić information content (AvgIpc) is 3.60. The number of hydrogen-bond acceptors (Lipinski definition) is 8. The molecule has 0 aliphatic rings. The van der Waals surface area contributed by atoms with E-state index in [-0.39, 0.29) is 0 Å². The van der Waals surface area contributed by atoms with E-state index in [0.717, 1.165) is 70.6 Å². The molecule has 10 heteroatoms. The largest absolute Gasteiger partial charge is 0.493 e. The maximum Gasteiger partial charge on any atom is 0.172 e. The highest BCUT2D eigenvalue weighted by molar-refractivity contribution is 5.87. The Morgan fingerprint density at radius 1 is 0.619 bits per heavy atom. The molecule has 42 heavy (non-hydrogen) atoms. The van der Waals surface area contributed by atoms with Crippen LogP contribution >= 0.6 is 0 Å². The van der Waals surface area contributed by atoms with E-state index in [1.807, 2.05) is 48.5 Å². The fourth-order valence-electron chi connectivity index (χ4n) is 4.89. The van der Waals surface area contributed by atoms with Gasteiger partial charge in [0, 0.05) is 25.2 Å². The van der Waals surface area contributed by atoms with Gasteiger partial charge in [-0.05, 0) is 77.4 Å². The number of ether oxygens (including phenoxy) is 4. The summed E-state index contributed by atoms with van der Waals surface area (Å²) in [6.07, 6.45) is 1.92. The van der Waals surface area contributed by atoms with Crippen LogP contribution in [0.1, 0.15) is 12.8 Å². The van der Waals surface area contributed by atoms with Gasteiger partial charge >= 0.3 is 0 Å². The Morgan fingerprint density at radius 2 is 1.05 bits per heavy atom. The van der Waals surface area contributed by atoms with Gasteiger partial charge in [0.15, 0.2) is 11.5 Å². The molecule has 0 unspecified atom stereocenters. The quantitative estimate of drug-likeness (QED) is 0.170. The SMILES string of the molecule is COc1c(-c2nc3ccc(OCCCN(C)C)cc3[nH]2)ccc(-c2nc3ccc(OCCCN(C)C)cc3[nH]2)c1OC. The summed E-state index contributed by atoms with van der Waals surface area (Å²) in [7, 11) is 11.5. The number of fused-ring (bicyclic) bond motifs is 2. The van der Waals surface area contributed by atoms with Crippen LogP contribution < -0.4 is 18.9 Å². The van der Waals surface area contributed by atoms with E-state index < -0.39 is 0 Å². The molecule has 2 aromatic heterocycles. The second kappa shape index (κ2) is 13.1. The van der Waals surface area contributed by atoms with Crippen LogP contribution in [-0.4, -0.2) is 98.4 Å². The molecular formula is C32H40N6O4. The molecule has 0 saturated carbocycles. The number of benzene rings is 3. The summed E-state index contributed by atoms with van der Waals surface area (Å²) in [6, 6.07) is 15.7. The van der Waals surface area contributed by atoms with Crippen LogP contribution in [0.15, 0.2) is 48.5 Å². The van der Waals surface area contributed by atoms with Gasteiger partial charge in [0.25, 0.3) is 0 Å². The van der Waals surface area contributed by atoms with Gasteiger partial charge in [-0.2, -0.15) is 0 Å². The van der Waals surface area contributed by atoms with Crippen molar-refractivity contribution in [2.75, 3.05) is 68.7 Å². The summed E-state index contributed by atoms with van der Waals surface area (Å²) in [5.41, 5.74) is 5.02. The van der Waals surface area contributed by atoms with Crippen LogP contribution in [0.2, 0.25) is 0 Å². The highest BCUT2D eigenvalue weighted by Gasteiger charge is 2.21. The number of H-pyrrole nitrogens is 2. The normalized spacial score (nSPS) is 11.6. The van der Waals surface area contributed by atoms with Gasteiger partial charge in [-0.25, -0.2) is 9.97 Å². The van der Waals surface area contributed by atoms with Gasteiger partial charge in [-0.1, -0.05) is 0 Å². The van der Waals surface area contributed by atoms with Crippen molar-refractivity contribution in [2.45, 2.75) is 12.8 Å². The Hall–Kier alpha value is -4.28. The second-order valence-corrected chi connectivity index (χ2v) is 10.8. The van der Waals surface area contributed by atoms with Crippen molar-refractivity contribution in [1.82, 2.24) is 29.7 Å². The molecule has 222 valence electrons. The molecule has 5 rings (SSSR count). The third kappa shape index (κ3) is 6.61. The Bertz CT molecular complexity index is 1520. The minimum atomic E-state index is 0.569. The first-order chi connectivity index (χ1) is 20.4. The van der Waals surface area contributed by atoms with Gasteiger partial charge in [-0.3, -0.25) is 0 Å². The van der Waals surface area contributed by atoms with Crippen molar-refractivity contribution in [3.05, 3.63) is 48.5 Å². The molecule has 0 saturated heterocycles. The molecule has 2 N–H and O–H groups in total. The molecule has 5 aromatic rings. The lowest BCUT2D eigenvalue weighted by Gasteiger charge is -2.14. The maximum absolute atomic E-state index is 5.95. The predicted octanol–water partition coefficient (Wildman–Crippen LogP) is 5.45. The standard InChI is InChI=1S/C32H40N6O4/c1-37(2)15-7-17-41-21-9-13-25-27(19-21)35-31(33-25)23-11-12-24(30(40-6)29(23)39-5)32-34-26-14-10-22(20-28(26)36-32)42-18-8-16-38(3)4/h9-14,19-20H,7-8,15-18H2,1-6H3,(H,33,35)(H,34,36). The van der Waals surface area contributed by atoms with E-state index in [9.17, 15) is 0 Å². The van der Waals surface area contributed by atoms with Crippen molar-refractivity contribution in [2.24, 2.45) is 0 Å². The number of methoxy groups -OCH3 is 2. The molecule has 0 spiro atoms. The number of aromatic amines is 2. The minimum absolute atomic E-state index is 0.569. The third-order valence-corrected chi connectivity index (χ3v) is 6.97. The van der Waals surface area contributed by atoms with Gasteiger partial charge in [0.05, 0.1) is 60.6 Å². The first kappa shape index (κ1) is 29.2. The smallest absolute Gasteiger partial charge is 0.172 e. The van der Waals surface area contributed by atoms with E-state index in [0.29, 0.717) is 36.4 Å². The average molecular weight is 573 g/mol. The fraction of sp³-hybridized carbons (Fsp3) is 0.375. The van der Waals surface area contributed by atoms with E-state index in [1.54, 1.807) is 14.2 Å². The molecule has 3 aromatic carbocycles. The van der Waals surface area contributed by atoms with Crippen LogP contribution in [0.5, 0.6) is 23.0 Å². The van der Waals surface area contributed by atoms with E-state index in [1.165, 1.54) is 0 Å². The highest BCUT2D eigenvalue weighted by atomic mass is 16.5. The second-order valence-electron chi connectivity index (χ2n) is 10.8. The fourth-order valence-corrected chi connectivity index (χ4v) is 4.89. The van der Waals surface area contributed by atoms with E-state index >= 15 is 0 Å². The topological polar surface area (TPSA) is 101 Å². The maximum atomic E-state index is 5.95. The lowest BCUT2D eigenvalue weighted by Crippen LogP contribution is -2.15. The summed E-state index contributed by atoms with van der Waals surface area (Å²) in [5, 5.41) is 0. The molecular weight excluding hydrogens is 532 g/mol. The van der Waals surface area contributed by atoms with Crippen LogP contribution in [0.3, 0.4) is 0 Å². The summed E-state index contributed by atoms with van der Waals surface area (Å²) >= 11 is 0. The molecule has 0 radical (unpaired) electrons. The molecule has 0 bridgehead atoms. The van der Waals surface area contributed by atoms with Crippen LogP contribution in [0.25, 0.3) is 44.8 Å². The molecule has 0 amide bonds. The molecule has 10 nitrogen and oxygen atoms in total. The number of nitrogens with one attached hydrogen (secondary N) is 2. The lowest BCUT2D eigenvalue weighted by atomic mass is 10.1. The Morgan fingerprint density at radius 3 is 1.43 bits per heavy atom. The highest BCUT2D eigenvalue weighted by Crippen LogP contribution is 2.44. The summed E-state index contributed by atoms with van der Waals surface area (Å²) in [4.78, 5) is 20.8. The van der Waals surface area contributed by atoms with Gasteiger partial charge in [-0.15, -0.1) is 0 Å². The predicted molar refractivity (Wildman–Crippen MR) is 167 cm³/mol. The van der Waals surface area contributed by atoms with Crippen molar-refractivity contribution in [1.29, 1.82) is 0 Å². The first-order valence-corrected chi connectivity index (χ1v) is 14.2. The van der Waals surface area contributed by atoms with E-state index in [4.69, 9.17) is 28.9 Å². The number of aromatic nitrogens is 4. The van der Waals surface area contributed by atoms with Gasteiger partial charge < -0.3 is 38.7 Å². The summed E-state index contributed by atoms with van der Waals surface area (Å²) in [6.45, 7) is 3.28. The van der Waals surface area contributed by atoms with Crippen LogP contribution in [0.4, 0.5) is 0 Å². The Labute approximate surface area is 246 Å². The molecule has 0 aliphatic carbocycles. The molecule has 2 heterocycles. The molecule has 0 atom stereocenters. The molecule has 0 fully saturated rings. The zero-order chi connectivity index (χ0) is 29.6. The van der Waals surface area contributed by atoms with E-state index in [2.05, 4.69) is 48.0 Å². The van der Waals surface area contributed by atoms with Crippen molar-refractivity contribution < 1.29 is 18.9 Å². The summed E-state index contributed by atoms with van der Waals surface area (Å²) in [5.74, 6) is 4.11. The number of imidazole rings is 2. The Kier molecular flexibility index (Phi) is 9.14. The van der Waals surface area contributed by atoms with Crippen molar-refractivity contribution in [3.8, 4) is 45.8 Å². The van der Waals surface area contributed by atoms with Crippen LogP contribution in [0, 0.1) is 0 Å². The monoisotopic (exact) mass is 572 g/mol. The zero-order valence-electron chi connectivity index (χ0n) is 25.3. The lowest BCUT2D eigenvalue weighted by molar-refractivity contribution is 0.282. The number of hydrogen-bond donors (Lipinski definition) is 2. The zero-order valence-corrected chi connectivity index (χ0v) is 25.3. The van der Waals surface area contributed by atoms with Crippen molar-refractivity contribution >= 4 is 22.1 Å². The van der Waals surface area contributed by atoms with Gasteiger partial charge in [0.2, 0.25) is 0 Å². The first-order valence-electron chi connectivity index (χ1n) is 14.2. The number of nitrogens with zero attached hydrogens (tertiary/aromatic N) is 4. The Balaban J connectivity index is 1.40. The third-order valence-electron chi connectivity index (χ3n) is 6.97. The minimum Gasteiger partial charge on any atom is -0.493 e. The summed E-state index contributed by atoms with van der Waals surface area (Å²) < 4.78 is 23.7. The van der Waals surface area contributed by atoms with Crippen molar-refractivity contribution in [3.63, 3.8) is 0 Å². The van der Waals surface area contributed by atoms with Crippen LogP contribution in [-0.2, 0) is 0 Å². The number of rotatable bonds is 14. The molecule has 0 aliphatic heterocycles. The van der Waals surface area contributed by atoms with Gasteiger partial charge in [0.1, 0.15) is 23.1 Å².